The van der Waals surface area contributed by atoms with Gasteiger partial charge < -0.3 is 18.6 Å². The van der Waals surface area contributed by atoms with E-state index in [1.807, 2.05) is 34.6 Å². The quantitative estimate of drug-likeness (QED) is 0.397. The van der Waals surface area contributed by atoms with Gasteiger partial charge in [0.25, 0.3) is 0 Å². The predicted molar refractivity (Wildman–Crippen MR) is 105 cm³/mol. The van der Waals surface area contributed by atoms with E-state index < -0.39 is 0 Å². The molecule has 0 amide bonds. The monoisotopic (exact) mass is 426 g/mol. The summed E-state index contributed by atoms with van der Waals surface area (Å²) in [7, 11) is 0. The van der Waals surface area contributed by atoms with E-state index in [2.05, 4.69) is 39.6 Å². The van der Waals surface area contributed by atoms with E-state index in [1.54, 1.807) is 0 Å². The molecule has 4 heteroatoms. The molecule has 0 rings (SSSR count). The van der Waals surface area contributed by atoms with E-state index in [4.69, 9.17) is 0 Å². The molecule has 0 N–H and O–H groups in total. The fourth-order valence-electron chi connectivity index (χ4n) is 2.11. The summed E-state index contributed by atoms with van der Waals surface area (Å²) in [6.07, 6.45) is 3.21. The molecule has 1 radical (unpaired) electrons. The molecule has 3 nitrogen and oxygen atoms in total. The van der Waals surface area contributed by atoms with Crippen LogP contribution in [0.4, 0.5) is 0 Å². The van der Waals surface area contributed by atoms with Crippen molar-refractivity contribution in [2.45, 2.75) is 81.1 Å². The number of nitrogens with zero attached hydrogens (tertiary/aromatic N) is 1. The van der Waals surface area contributed by atoms with Gasteiger partial charge in [-0.25, -0.2) is 0 Å². The molecule has 0 saturated carbocycles. The second-order valence-electron chi connectivity index (χ2n) is 8.62. The summed E-state index contributed by atoms with van der Waals surface area (Å²) in [4.78, 5) is 26.7. The third-order valence-corrected chi connectivity index (χ3v) is 3.43. The van der Waals surface area contributed by atoms with Crippen LogP contribution in [0.5, 0.6) is 0 Å². The molecule has 0 aliphatic heterocycles. The fourth-order valence-corrected chi connectivity index (χ4v) is 2.11. The predicted octanol–water partition coefficient (Wildman–Crippen LogP) is 5.53. The Morgan fingerprint density at radius 1 is 1.08 bits per heavy atom. The van der Waals surface area contributed by atoms with Gasteiger partial charge in [-0.1, -0.05) is 54.9 Å². The minimum Gasteiger partial charge on any atom is -0.343 e. The van der Waals surface area contributed by atoms with Crippen LogP contribution in [-0.4, -0.2) is 23.8 Å². The zero-order valence-corrected chi connectivity index (χ0v) is 20.7. The molecule has 0 heterocycles. The van der Waals surface area contributed by atoms with Crippen LogP contribution in [0.25, 0.3) is 0 Å². The first-order chi connectivity index (χ1) is 10.7. The van der Waals surface area contributed by atoms with Crippen molar-refractivity contribution < 1.29 is 42.3 Å². The molecule has 0 aliphatic rings. The smallest absolute Gasteiger partial charge is 0.153 e. The summed E-state index contributed by atoms with van der Waals surface area (Å²) >= 11 is 0. The summed E-state index contributed by atoms with van der Waals surface area (Å²) in [6, 6.07) is 0. The topological polar surface area (TPSA) is 46.5 Å². The van der Waals surface area contributed by atoms with Crippen LogP contribution in [0.3, 0.4) is 0 Å². The average molecular weight is 426 g/mol. The first kappa shape index (κ1) is 29.9. The van der Waals surface area contributed by atoms with E-state index in [1.165, 1.54) is 0 Å². The molecule has 0 aromatic rings. The van der Waals surface area contributed by atoms with Gasteiger partial charge in [0.15, 0.2) is 5.78 Å². The summed E-state index contributed by atoms with van der Waals surface area (Å²) < 4.78 is 0. The molecule has 0 bridgehead atoms. The molecule has 1 unspecified atom stereocenters. The Kier molecular flexibility index (Phi) is 17.0. The number of ketones is 2. The Morgan fingerprint density at radius 2 is 1.56 bits per heavy atom. The fraction of sp³-hybridized carbons (Fsp3) is 0.762. The molecule has 0 aromatic carbocycles. The van der Waals surface area contributed by atoms with Crippen molar-refractivity contribution in [2.24, 2.45) is 21.7 Å². The van der Waals surface area contributed by atoms with Gasteiger partial charge >= 0.3 is 0 Å². The normalized spacial score (nSPS) is 13.3. The summed E-state index contributed by atoms with van der Waals surface area (Å²) in [6.45, 7) is 24.1. The van der Waals surface area contributed by atoms with Gasteiger partial charge in [-0.3, -0.25) is 9.79 Å². The molecule has 0 aromatic heterocycles. The van der Waals surface area contributed by atoms with Crippen LogP contribution < -0.4 is 0 Å². The van der Waals surface area contributed by atoms with Gasteiger partial charge in [0.05, 0.1) is 6.54 Å². The molecule has 0 fully saturated rings. The minimum atomic E-state index is -0.252. The van der Waals surface area contributed by atoms with E-state index in [0.717, 1.165) is 25.0 Å². The second-order valence-corrected chi connectivity index (χ2v) is 8.62. The van der Waals surface area contributed by atoms with Crippen molar-refractivity contribution in [3.05, 3.63) is 13.8 Å². The van der Waals surface area contributed by atoms with Crippen molar-refractivity contribution in [1.29, 1.82) is 0 Å². The molecule has 0 aliphatic carbocycles. The number of carbonyl (C=O) groups is 2. The Bertz CT molecular complexity index is 415. The van der Waals surface area contributed by atoms with Crippen LogP contribution in [-0.2, 0) is 42.3 Å². The molecular formula is C21H39NO2Y-2. The Morgan fingerprint density at radius 3 is 1.88 bits per heavy atom. The van der Waals surface area contributed by atoms with Crippen molar-refractivity contribution in [3.63, 3.8) is 0 Å². The maximum Gasteiger partial charge on any atom is 0.153 e. The minimum absolute atomic E-state index is 0. The van der Waals surface area contributed by atoms with Crippen molar-refractivity contribution in [2.75, 3.05) is 6.54 Å². The molecule has 145 valence electrons. The largest absolute Gasteiger partial charge is 0.343 e. The van der Waals surface area contributed by atoms with E-state index in [-0.39, 0.29) is 61.0 Å². The molecular weight excluding hydrogens is 387 g/mol. The summed E-state index contributed by atoms with van der Waals surface area (Å²) in [5, 5.41) is 0. The SMILES string of the molecule is [CH2-]C(CC(C)(C)C)C(=O)C(C)(C)C.[CH2-]CCC(C)=NCC(=O)CC.[Y]. The van der Waals surface area contributed by atoms with Crippen molar-refractivity contribution in [3.8, 4) is 0 Å². The molecule has 0 spiro atoms. The number of hydrogen-bond donors (Lipinski definition) is 0. The van der Waals surface area contributed by atoms with Gasteiger partial charge in [0.2, 0.25) is 0 Å². The van der Waals surface area contributed by atoms with Crippen LogP contribution in [0.2, 0.25) is 0 Å². The number of hydrogen-bond acceptors (Lipinski definition) is 3. The molecule has 0 saturated heterocycles. The van der Waals surface area contributed by atoms with Crippen LogP contribution in [0, 0.1) is 30.6 Å². The summed E-state index contributed by atoms with van der Waals surface area (Å²) in [5.74, 6) is 0.399. The van der Waals surface area contributed by atoms with Gasteiger partial charge in [-0.05, 0) is 18.8 Å². The van der Waals surface area contributed by atoms with Gasteiger partial charge in [0, 0.05) is 50.3 Å². The number of Topliss-reactive ketones (excluding diaryl/α,β-unsaturated/α-hetero) is 2. The number of rotatable bonds is 7. The third kappa shape index (κ3) is 18.7. The Labute approximate surface area is 182 Å². The number of carbonyl (C=O) groups excluding carboxylic acids is 2. The first-order valence-electron chi connectivity index (χ1n) is 8.92. The number of aliphatic imine (C=N–C) groups is 1. The van der Waals surface area contributed by atoms with E-state index in [9.17, 15) is 9.59 Å². The Balaban J connectivity index is -0.000000377. The molecule has 25 heavy (non-hydrogen) atoms. The first-order valence-corrected chi connectivity index (χ1v) is 8.92. The average Bonchev–Trinajstić information content (AvgIpc) is 2.42. The summed E-state index contributed by atoms with van der Waals surface area (Å²) in [5.41, 5.74) is 0.965. The zero-order chi connectivity index (χ0) is 19.6. The van der Waals surface area contributed by atoms with E-state index >= 15 is 0 Å². The second kappa shape index (κ2) is 14.2. The maximum atomic E-state index is 11.8. The van der Waals surface area contributed by atoms with Gasteiger partial charge in [-0.15, -0.1) is 5.92 Å². The van der Waals surface area contributed by atoms with Crippen LogP contribution in [0.1, 0.15) is 81.1 Å². The molecule has 1 atom stereocenters. The third-order valence-electron chi connectivity index (χ3n) is 3.43. The van der Waals surface area contributed by atoms with E-state index in [0.29, 0.717) is 13.0 Å². The van der Waals surface area contributed by atoms with Crippen LogP contribution >= 0.6 is 0 Å². The van der Waals surface area contributed by atoms with Gasteiger partial charge in [0.1, 0.15) is 5.78 Å². The standard InChI is InChI=1S/C12H23O.C9H16NO.Y/c1-9(8-11(2,3)4)10(13)12(5,6)7;1-4-6-8(3)10-7-9(11)5-2;/h9H,1,8H2,2-7H3;1,4-7H2,2-3H3;/q2*-1;. The maximum absolute atomic E-state index is 11.8. The Hall–Kier alpha value is 0.114. The van der Waals surface area contributed by atoms with Crippen molar-refractivity contribution >= 4 is 17.3 Å². The van der Waals surface area contributed by atoms with Crippen molar-refractivity contribution in [1.82, 2.24) is 0 Å². The van der Waals surface area contributed by atoms with Crippen LogP contribution in [0.15, 0.2) is 4.99 Å². The van der Waals surface area contributed by atoms with Gasteiger partial charge in [-0.2, -0.15) is 6.42 Å². The zero-order valence-electron chi connectivity index (χ0n) is 17.9.